The summed E-state index contributed by atoms with van der Waals surface area (Å²) in [6.07, 6.45) is 0.693. The van der Waals surface area contributed by atoms with E-state index in [1.165, 1.54) is 11.3 Å². The minimum Gasteiger partial charge on any atom is -0.297 e. The van der Waals surface area contributed by atoms with Gasteiger partial charge in [0.1, 0.15) is 0 Å². The van der Waals surface area contributed by atoms with Crippen LogP contribution in [-0.4, -0.2) is 6.29 Å². The molecule has 0 fully saturated rings. The smallest absolute Gasteiger partial charge is 0.161 e. The summed E-state index contributed by atoms with van der Waals surface area (Å²) in [7, 11) is 0. The number of carbonyl (C=O) groups excluding carboxylic acids is 1. The Bertz CT molecular complexity index is 231. The molecular weight excluding hydrogens is 179 g/mol. The molecule has 1 rings (SSSR count). The van der Waals surface area contributed by atoms with E-state index in [4.69, 9.17) is 23.2 Å². The van der Waals surface area contributed by atoms with Crippen molar-refractivity contribution >= 4 is 40.8 Å². The first-order chi connectivity index (χ1) is 4.24. The number of thiophene rings is 1. The second kappa shape index (κ2) is 2.69. The van der Waals surface area contributed by atoms with Gasteiger partial charge in [0, 0.05) is 0 Å². The van der Waals surface area contributed by atoms with E-state index >= 15 is 0 Å². The van der Waals surface area contributed by atoms with Gasteiger partial charge in [-0.15, -0.1) is 11.3 Å². The third kappa shape index (κ3) is 1.45. The van der Waals surface area contributed by atoms with Crippen molar-refractivity contribution < 1.29 is 4.79 Å². The van der Waals surface area contributed by atoms with Crippen LogP contribution in [0.3, 0.4) is 0 Å². The lowest BCUT2D eigenvalue weighted by molar-refractivity contribution is 0.112. The highest BCUT2D eigenvalue weighted by Gasteiger charge is 2.02. The summed E-state index contributed by atoms with van der Waals surface area (Å²) in [6.45, 7) is 0. The highest BCUT2D eigenvalue weighted by molar-refractivity contribution is 7.18. The van der Waals surface area contributed by atoms with Crippen molar-refractivity contribution in [2.24, 2.45) is 0 Å². The van der Waals surface area contributed by atoms with Gasteiger partial charge in [-0.1, -0.05) is 23.2 Å². The van der Waals surface area contributed by atoms with E-state index < -0.39 is 0 Å². The summed E-state index contributed by atoms with van der Waals surface area (Å²) in [4.78, 5) is 10.6. The average molecular weight is 181 g/mol. The van der Waals surface area contributed by atoms with Crippen LogP contribution in [0.15, 0.2) is 6.07 Å². The molecule has 0 saturated carbocycles. The standard InChI is InChI=1S/C5H2Cl2OS/c6-3-1-5(7)9-4(3)2-8/h1-2H. The van der Waals surface area contributed by atoms with Gasteiger partial charge in [0.2, 0.25) is 0 Å². The number of hydrogen-bond donors (Lipinski definition) is 0. The van der Waals surface area contributed by atoms with Crippen molar-refractivity contribution in [1.82, 2.24) is 0 Å². The maximum absolute atomic E-state index is 10.1. The average Bonchev–Trinajstić information content (AvgIpc) is 2.10. The Morgan fingerprint density at radius 2 is 2.22 bits per heavy atom. The van der Waals surface area contributed by atoms with Crippen LogP contribution in [0.4, 0.5) is 0 Å². The van der Waals surface area contributed by atoms with Crippen LogP contribution in [0.1, 0.15) is 9.67 Å². The summed E-state index contributed by atoms with van der Waals surface area (Å²) < 4.78 is 0.544. The Labute approximate surface area is 66.2 Å². The summed E-state index contributed by atoms with van der Waals surface area (Å²) in [5, 5.41) is 0.431. The molecule has 0 unspecified atom stereocenters. The Balaban J connectivity index is 3.15. The molecule has 0 atom stereocenters. The first-order valence-corrected chi connectivity index (χ1v) is 3.71. The molecule has 0 radical (unpaired) electrons. The van der Waals surface area contributed by atoms with Gasteiger partial charge >= 0.3 is 0 Å². The van der Waals surface area contributed by atoms with Gasteiger partial charge in [0.05, 0.1) is 14.2 Å². The van der Waals surface area contributed by atoms with Gasteiger partial charge in [-0.3, -0.25) is 4.79 Å². The molecule has 0 bridgehead atoms. The minimum absolute atomic E-state index is 0.431. The number of aldehydes is 1. The quantitative estimate of drug-likeness (QED) is 0.608. The lowest BCUT2D eigenvalue weighted by Crippen LogP contribution is -1.66. The first kappa shape index (κ1) is 7.06. The number of carbonyl (C=O) groups is 1. The summed E-state index contributed by atoms with van der Waals surface area (Å²) >= 11 is 12.2. The number of rotatable bonds is 1. The van der Waals surface area contributed by atoms with Crippen LogP contribution in [0.2, 0.25) is 9.36 Å². The maximum Gasteiger partial charge on any atom is 0.161 e. The van der Waals surface area contributed by atoms with Gasteiger partial charge in [-0.05, 0) is 6.07 Å². The maximum atomic E-state index is 10.1. The second-order valence-electron chi connectivity index (χ2n) is 1.38. The number of hydrogen-bond acceptors (Lipinski definition) is 2. The van der Waals surface area contributed by atoms with Crippen LogP contribution in [0.5, 0.6) is 0 Å². The molecule has 0 aliphatic heterocycles. The zero-order valence-electron chi connectivity index (χ0n) is 4.23. The van der Waals surface area contributed by atoms with E-state index in [1.807, 2.05) is 0 Å². The monoisotopic (exact) mass is 180 g/mol. The molecule has 0 aliphatic carbocycles. The van der Waals surface area contributed by atoms with Crippen LogP contribution in [0, 0.1) is 0 Å². The molecule has 0 amide bonds. The van der Waals surface area contributed by atoms with Crippen LogP contribution in [-0.2, 0) is 0 Å². The molecule has 1 aromatic rings. The number of halogens is 2. The molecule has 1 nitrogen and oxygen atoms in total. The third-order valence-corrected chi connectivity index (χ3v) is 2.40. The minimum atomic E-state index is 0.431. The first-order valence-electron chi connectivity index (χ1n) is 2.14. The Hall–Kier alpha value is -0.0500. The molecule has 0 aliphatic rings. The zero-order valence-corrected chi connectivity index (χ0v) is 6.56. The van der Waals surface area contributed by atoms with Crippen molar-refractivity contribution in [2.75, 3.05) is 0 Å². The SMILES string of the molecule is O=Cc1sc(Cl)cc1Cl. The molecule has 1 aromatic heterocycles. The van der Waals surface area contributed by atoms with Crippen molar-refractivity contribution in [2.45, 2.75) is 0 Å². The zero-order chi connectivity index (χ0) is 6.85. The Morgan fingerprint density at radius 1 is 1.56 bits per heavy atom. The highest BCUT2D eigenvalue weighted by atomic mass is 35.5. The Kier molecular flexibility index (Phi) is 2.11. The molecular formula is C5H2Cl2OS. The summed E-state index contributed by atoms with van der Waals surface area (Å²) in [6, 6.07) is 1.55. The van der Waals surface area contributed by atoms with Crippen LogP contribution in [0.25, 0.3) is 0 Å². The van der Waals surface area contributed by atoms with E-state index in [2.05, 4.69) is 0 Å². The molecule has 4 heteroatoms. The van der Waals surface area contributed by atoms with Gasteiger partial charge in [0.15, 0.2) is 6.29 Å². The summed E-state index contributed by atoms with van der Waals surface area (Å²) in [5.41, 5.74) is 0. The van der Waals surface area contributed by atoms with Crippen molar-refractivity contribution in [1.29, 1.82) is 0 Å². The molecule has 48 valence electrons. The second-order valence-corrected chi connectivity index (χ2v) is 3.50. The molecule has 0 aromatic carbocycles. The van der Waals surface area contributed by atoms with Gasteiger partial charge in [-0.2, -0.15) is 0 Å². The van der Waals surface area contributed by atoms with E-state index in [0.717, 1.165) is 0 Å². The van der Waals surface area contributed by atoms with Gasteiger partial charge in [-0.25, -0.2) is 0 Å². The van der Waals surface area contributed by atoms with Crippen molar-refractivity contribution in [3.63, 3.8) is 0 Å². The molecule has 0 N–H and O–H groups in total. The van der Waals surface area contributed by atoms with E-state index in [1.54, 1.807) is 6.07 Å². The lowest BCUT2D eigenvalue weighted by atomic mass is 10.5. The predicted octanol–water partition coefficient (Wildman–Crippen LogP) is 2.87. The fourth-order valence-corrected chi connectivity index (χ4v) is 1.77. The predicted molar refractivity (Wildman–Crippen MR) is 39.7 cm³/mol. The van der Waals surface area contributed by atoms with E-state index in [9.17, 15) is 4.79 Å². The van der Waals surface area contributed by atoms with Crippen molar-refractivity contribution in [3.8, 4) is 0 Å². The van der Waals surface area contributed by atoms with E-state index in [0.29, 0.717) is 20.5 Å². The molecule has 1 heterocycles. The highest BCUT2D eigenvalue weighted by Crippen LogP contribution is 2.28. The fourth-order valence-electron chi connectivity index (χ4n) is 0.434. The normalized spacial score (nSPS) is 9.56. The Morgan fingerprint density at radius 3 is 2.44 bits per heavy atom. The lowest BCUT2D eigenvalue weighted by Gasteiger charge is -1.75. The molecule has 9 heavy (non-hydrogen) atoms. The van der Waals surface area contributed by atoms with Gasteiger partial charge < -0.3 is 0 Å². The van der Waals surface area contributed by atoms with E-state index in [-0.39, 0.29) is 0 Å². The summed E-state index contributed by atoms with van der Waals surface area (Å²) in [5.74, 6) is 0. The fraction of sp³-hybridized carbons (Fsp3) is 0. The van der Waals surface area contributed by atoms with Crippen LogP contribution >= 0.6 is 34.5 Å². The molecule has 0 spiro atoms. The van der Waals surface area contributed by atoms with Crippen molar-refractivity contribution in [3.05, 3.63) is 20.3 Å². The topological polar surface area (TPSA) is 17.1 Å². The molecule has 0 saturated heterocycles. The third-order valence-electron chi connectivity index (χ3n) is 0.790. The van der Waals surface area contributed by atoms with Crippen LogP contribution < -0.4 is 0 Å². The largest absolute Gasteiger partial charge is 0.297 e. The van der Waals surface area contributed by atoms with Gasteiger partial charge in [0.25, 0.3) is 0 Å².